The van der Waals surface area contributed by atoms with Crippen molar-refractivity contribution < 1.29 is 9.84 Å². The molecule has 0 aliphatic carbocycles. The number of rotatable bonds is 7. The van der Waals surface area contributed by atoms with E-state index in [9.17, 15) is 5.11 Å². The molecule has 0 saturated carbocycles. The first-order chi connectivity index (χ1) is 11.3. The van der Waals surface area contributed by atoms with E-state index in [0.29, 0.717) is 19.6 Å². The molecule has 2 aromatic carbocycles. The van der Waals surface area contributed by atoms with E-state index in [1.54, 1.807) is 6.20 Å². The molecule has 0 radical (unpaired) electrons. The van der Waals surface area contributed by atoms with Crippen LogP contribution in [-0.2, 0) is 13.2 Å². The number of hydrogen-bond acceptors (Lipinski definition) is 3. The summed E-state index contributed by atoms with van der Waals surface area (Å²) in [6, 6.07) is 19.6. The summed E-state index contributed by atoms with van der Waals surface area (Å²) in [7, 11) is 0. The van der Waals surface area contributed by atoms with Gasteiger partial charge in [-0.3, -0.25) is 4.68 Å². The molecule has 3 aromatic rings. The zero-order chi connectivity index (χ0) is 15.9. The first kappa shape index (κ1) is 15.3. The summed E-state index contributed by atoms with van der Waals surface area (Å²) in [5, 5.41) is 14.4. The Morgan fingerprint density at radius 2 is 1.78 bits per heavy atom. The number of ether oxygens (including phenoxy) is 1. The van der Waals surface area contributed by atoms with Crippen LogP contribution in [0.1, 0.15) is 23.7 Å². The van der Waals surface area contributed by atoms with Crippen LogP contribution in [0.2, 0.25) is 0 Å². The van der Waals surface area contributed by atoms with E-state index in [1.165, 1.54) is 0 Å². The van der Waals surface area contributed by atoms with Gasteiger partial charge in [0.05, 0.1) is 6.10 Å². The molecule has 0 fully saturated rings. The van der Waals surface area contributed by atoms with Crippen molar-refractivity contribution in [2.75, 3.05) is 0 Å². The van der Waals surface area contributed by atoms with Crippen LogP contribution in [-0.4, -0.2) is 14.9 Å². The Bertz CT molecular complexity index is 694. The second kappa shape index (κ2) is 7.61. The number of aliphatic hydroxyl groups excluding tert-OH is 1. The predicted octanol–water partition coefficient (Wildman–Crippen LogP) is 3.59. The smallest absolute Gasteiger partial charge is 0.119 e. The van der Waals surface area contributed by atoms with Crippen LogP contribution in [0.5, 0.6) is 5.75 Å². The average Bonchev–Trinajstić information content (AvgIpc) is 3.13. The van der Waals surface area contributed by atoms with Crippen LogP contribution in [0.3, 0.4) is 0 Å². The zero-order valence-corrected chi connectivity index (χ0v) is 12.9. The number of aromatic nitrogens is 2. The fourth-order valence-electron chi connectivity index (χ4n) is 2.38. The highest BCUT2D eigenvalue weighted by Crippen LogP contribution is 2.21. The molecule has 0 aliphatic rings. The third-order valence-electron chi connectivity index (χ3n) is 3.70. The summed E-state index contributed by atoms with van der Waals surface area (Å²) in [6.45, 7) is 1.24. The lowest BCUT2D eigenvalue weighted by molar-refractivity contribution is 0.159. The van der Waals surface area contributed by atoms with Gasteiger partial charge in [0.2, 0.25) is 0 Å². The summed E-state index contributed by atoms with van der Waals surface area (Å²) in [4.78, 5) is 0. The quantitative estimate of drug-likeness (QED) is 0.725. The minimum atomic E-state index is -0.498. The Morgan fingerprint density at radius 3 is 2.48 bits per heavy atom. The van der Waals surface area contributed by atoms with Gasteiger partial charge >= 0.3 is 0 Å². The molecule has 0 saturated heterocycles. The molecule has 118 valence electrons. The lowest BCUT2D eigenvalue weighted by Crippen LogP contribution is -2.05. The fourth-order valence-corrected chi connectivity index (χ4v) is 2.38. The van der Waals surface area contributed by atoms with Gasteiger partial charge in [0.15, 0.2) is 0 Å². The van der Waals surface area contributed by atoms with Crippen LogP contribution in [0, 0.1) is 0 Å². The molecule has 1 aromatic heterocycles. The maximum atomic E-state index is 10.2. The van der Waals surface area contributed by atoms with E-state index < -0.39 is 6.10 Å². The molecule has 0 spiro atoms. The first-order valence-corrected chi connectivity index (χ1v) is 7.73. The molecule has 1 N–H and O–H groups in total. The van der Waals surface area contributed by atoms with Crippen LogP contribution in [0.4, 0.5) is 0 Å². The molecule has 4 heteroatoms. The van der Waals surface area contributed by atoms with E-state index in [0.717, 1.165) is 16.9 Å². The van der Waals surface area contributed by atoms with Crippen molar-refractivity contribution in [3.63, 3.8) is 0 Å². The van der Waals surface area contributed by atoms with Crippen LogP contribution in [0.25, 0.3) is 0 Å². The molecular weight excluding hydrogens is 288 g/mol. The predicted molar refractivity (Wildman–Crippen MR) is 89.0 cm³/mol. The molecule has 0 unspecified atom stereocenters. The Hall–Kier alpha value is -2.59. The zero-order valence-electron chi connectivity index (χ0n) is 12.9. The lowest BCUT2D eigenvalue weighted by atomic mass is 10.1. The fraction of sp³-hybridized carbons (Fsp3) is 0.211. The first-order valence-electron chi connectivity index (χ1n) is 7.73. The summed E-state index contributed by atoms with van der Waals surface area (Å²) < 4.78 is 7.57. The molecule has 23 heavy (non-hydrogen) atoms. The van der Waals surface area contributed by atoms with E-state index in [2.05, 4.69) is 5.10 Å². The Labute approximate surface area is 136 Å². The van der Waals surface area contributed by atoms with Crippen LogP contribution >= 0.6 is 0 Å². The number of nitrogens with zero attached hydrogens (tertiary/aromatic N) is 2. The molecule has 0 bridgehead atoms. The highest BCUT2D eigenvalue weighted by molar-refractivity contribution is 5.29. The number of aliphatic hydroxyl groups is 1. The minimum Gasteiger partial charge on any atom is -0.489 e. The summed E-state index contributed by atoms with van der Waals surface area (Å²) >= 11 is 0. The largest absolute Gasteiger partial charge is 0.489 e. The monoisotopic (exact) mass is 308 g/mol. The highest BCUT2D eigenvalue weighted by Gasteiger charge is 2.08. The average molecular weight is 308 g/mol. The van der Waals surface area contributed by atoms with Gasteiger partial charge in [-0.1, -0.05) is 42.5 Å². The maximum absolute atomic E-state index is 10.2. The van der Waals surface area contributed by atoms with Crippen molar-refractivity contribution in [2.24, 2.45) is 0 Å². The van der Waals surface area contributed by atoms with Gasteiger partial charge in [0.25, 0.3) is 0 Å². The summed E-state index contributed by atoms with van der Waals surface area (Å²) in [5.41, 5.74) is 2.03. The van der Waals surface area contributed by atoms with Crippen LogP contribution in [0.15, 0.2) is 73.1 Å². The van der Waals surface area contributed by atoms with Gasteiger partial charge in [-0.25, -0.2) is 0 Å². The van der Waals surface area contributed by atoms with E-state index in [-0.39, 0.29) is 0 Å². The van der Waals surface area contributed by atoms with Gasteiger partial charge in [0.1, 0.15) is 12.4 Å². The Morgan fingerprint density at radius 1 is 1.00 bits per heavy atom. The van der Waals surface area contributed by atoms with E-state index in [4.69, 9.17) is 4.74 Å². The SMILES string of the molecule is O[C@H](CCn1cccn1)c1ccc(OCc2ccccc2)cc1. The molecular formula is C19H20N2O2. The van der Waals surface area contributed by atoms with Crippen molar-refractivity contribution in [1.82, 2.24) is 9.78 Å². The van der Waals surface area contributed by atoms with Gasteiger partial charge in [0, 0.05) is 18.9 Å². The molecule has 4 nitrogen and oxygen atoms in total. The third kappa shape index (κ3) is 4.44. The molecule has 1 heterocycles. The van der Waals surface area contributed by atoms with Gasteiger partial charge in [-0.2, -0.15) is 5.10 Å². The van der Waals surface area contributed by atoms with E-state index in [1.807, 2.05) is 71.5 Å². The number of hydrogen-bond donors (Lipinski definition) is 1. The van der Waals surface area contributed by atoms with Crippen molar-refractivity contribution in [3.8, 4) is 5.75 Å². The molecule has 0 aliphatic heterocycles. The summed E-state index contributed by atoms with van der Waals surface area (Å²) in [6.07, 6.45) is 3.77. The van der Waals surface area contributed by atoms with Crippen molar-refractivity contribution in [3.05, 3.63) is 84.2 Å². The molecule has 1 atom stereocenters. The maximum Gasteiger partial charge on any atom is 0.119 e. The summed E-state index contributed by atoms with van der Waals surface area (Å²) in [5.74, 6) is 0.803. The van der Waals surface area contributed by atoms with Crippen molar-refractivity contribution >= 4 is 0 Å². The highest BCUT2D eigenvalue weighted by atomic mass is 16.5. The van der Waals surface area contributed by atoms with Gasteiger partial charge in [-0.15, -0.1) is 0 Å². The van der Waals surface area contributed by atoms with Crippen molar-refractivity contribution in [2.45, 2.75) is 25.7 Å². The van der Waals surface area contributed by atoms with E-state index >= 15 is 0 Å². The standard InChI is InChI=1S/C19H20N2O2/c22-19(11-14-21-13-4-12-20-21)17-7-9-18(10-8-17)23-15-16-5-2-1-3-6-16/h1-10,12-13,19,22H,11,14-15H2/t19-/m1/s1. The topological polar surface area (TPSA) is 47.3 Å². The molecule has 0 amide bonds. The van der Waals surface area contributed by atoms with Crippen molar-refractivity contribution in [1.29, 1.82) is 0 Å². The lowest BCUT2D eigenvalue weighted by Gasteiger charge is -2.12. The van der Waals surface area contributed by atoms with Crippen LogP contribution < -0.4 is 4.74 Å². The minimum absolute atomic E-state index is 0.498. The number of aryl methyl sites for hydroxylation is 1. The Kier molecular flexibility index (Phi) is 5.06. The second-order valence-electron chi connectivity index (χ2n) is 5.42. The molecule has 3 rings (SSSR count). The second-order valence-corrected chi connectivity index (χ2v) is 5.42. The van der Waals surface area contributed by atoms with Gasteiger partial charge in [-0.05, 0) is 35.7 Å². The third-order valence-corrected chi connectivity index (χ3v) is 3.70. The normalized spacial score (nSPS) is 12.0. The van der Waals surface area contributed by atoms with Gasteiger partial charge < -0.3 is 9.84 Å². The number of benzene rings is 2. The Balaban J connectivity index is 1.52.